The molecule has 1 aromatic rings. The molecular weight excluding hydrogens is 336 g/mol. The molecule has 2 fully saturated rings. The highest BCUT2D eigenvalue weighted by Crippen LogP contribution is 2.62. The van der Waals surface area contributed by atoms with Gasteiger partial charge in [0.15, 0.2) is 0 Å². The Morgan fingerprint density at radius 2 is 1.75 bits per heavy atom. The third-order valence-electron chi connectivity index (χ3n) is 9.02. The zero-order valence-corrected chi connectivity index (χ0v) is 17.8. The van der Waals surface area contributed by atoms with E-state index in [1.165, 1.54) is 70.6 Å². The van der Waals surface area contributed by atoms with Crippen molar-refractivity contribution in [2.45, 2.75) is 83.0 Å². The fourth-order valence-electron chi connectivity index (χ4n) is 7.94. The van der Waals surface area contributed by atoms with E-state index in [0.29, 0.717) is 5.41 Å². The van der Waals surface area contributed by atoms with Crippen molar-refractivity contribution < 1.29 is 0 Å². The van der Waals surface area contributed by atoms with E-state index in [0.717, 1.165) is 29.6 Å². The molecule has 0 aromatic heterocycles. The third kappa shape index (κ3) is 2.94. The van der Waals surface area contributed by atoms with Gasteiger partial charge in [0.05, 0.1) is 0 Å². The maximum atomic E-state index is 2.62. The first-order valence-corrected chi connectivity index (χ1v) is 12.3. The number of unbranched alkanes of at least 4 members (excludes halogenated alkanes) is 1. The Kier molecular flexibility index (Phi) is 5.24. The number of rotatable bonds is 5. The van der Waals surface area contributed by atoms with E-state index in [9.17, 15) is 0 Å². The van der Waals surface area contributed by atoms with Crippen LogP contribution in [-0.2, 0) is 11.8 Å². The summed E-state index contributed by atoms with van der Waals surface area (Å²) in [5.74, 6) is 4.25. The van der Waals surface area contributed by atoms with Crippen LogP contribution in [0.5, 0.6) is 0 Å². The summed E-state index contributed by atoms with van der Waals surface area (Å²) < 4.78 is 0. The second kappa shape index (κ2) is 7.85. The van der Waals surface area contributed by atoms with Crippen molar-refractivity contribution in [3.63, 3.8) is 0 Å². The van der Waals surface area contributed by atoms with Gasteiger partial charge in [-0.05, 0) is 85.7 Å². The van der Waals surface area contributed by atoms with Crippen molar-refractivity contribution in [2.75, 3.05) is 0 Å². The average Bonchev–Trinajstić information content (AvgIpc) is 3.41. The van der Waals surface area contributed by atoms with Crippen LogP contribution >= 0.6 is 0 Å². The van der Waals surface area contributed by atoms with Gasteiger partial charge in [-0.3, -0.25) is 0 Å². The number of benzene rings is 1. The van der Waals surface area contributed by atoms with Gasteiger partial charge < -0.3 is 0 Å². The highest BCUT2D eigenvalue weighted by atomic mass is 14.6. The van der Waals surface area contributed by atoms with Crippen molar-refractivity contribution in [1.29, 1.82) is 0 Å². The lowest BCUT2D eigenvalue weighted by molar-refractivity contribution is 0.118. The van der Waals surface area contributed by atoms with Crippen molar-refractivity contribution >= 4 is 0 Å². The quantitative estimate of drug-likeness (QED) is 0.497. The first-order valence-electron chi connectivity index (χ1n) is 12.3. The molecule has 4 aliphatic rings. The summed E-state index contributed by atoms with van der Waals surface area (Å²) in [6.45, 7) is 2.36. The molecule has 0 amide bonds. The highest BCUT2D eigenvalue weighted by molar-refractivity contribution is 5.40. The van der Waals surface area contributed by atoms with Crippen LogP contribution in [0.2, 0.25) is 0 Å². The van der Waals surface area contributed by atoms with E-state index >= 15 is 0 Å². The van der Waals surface area contributed by atoms with Gasteiger partial charge in [-0.1, -0.05) is 81.2 Å². The first-order chi connectivity index (χ1) is 13.8. The van der Waals surface area contributed by atoms with Gasteiger partial charge in [-0.15, -0.1) is 0 Å². The number of aryl methyl sites for hydroxylation is 1. The molecule has 4 aliphatic carbocycles. The van der Waals surface area contributed by atoms with E-state index < -0.39 is 0 Å². The van der Waals surface area contributed by atoms with Gasteiger partial charge in [-0.2, -0.15) is 0 Å². The largest absolute Gasteiger partial charge is 0.0806 e. The summed E-state index contributed by atoms with van der Waals surface area (Å²) >= 11 is 0. The molecule has 5 rings (SSSR count). The first kappa shape index (κ1) is 18.7. The van der Waals surface area contributed by atoms with E-state index in [-0.39, 0.29) is 0 Å². The van der Waals surface area contributed by atoms with Gasteiger partial charge in [0, 0.05) is 5.41 Å². The van der Waals surface area contributed by atoms with Crippen molar-refractivity contribution in [3.8, 4) is 0 Å². The molecule has 4 unspecified atom stereocenters. The minimum Gasteiger partial charge on any atom is -0.0806 e. The predicted molar refractivity (Wildman–Crippen MR) is 119 cm³/mol. The minimum atomic E-state index is 0.449. The second-order valence-corrected chi connectivity index (χ2v) is 10.2. The molecule has 0 N–H and O–H groups in total. The number of hydrogen-bond acceptors (Lipinski definition) is 0. The fourth-order valence-corrected chi connectivity index (χ4v) is 7.94. The molecule has 0 nitrogen and oxygen atoms in total. The lowest BCUT2D eigenvalue weighted by Crippen LogP contribution is -2.46. The van der Waals surface area contributed by atoms with Crippen molar-refractivity contribution in [2.24, 2.45) is 29.6 Å². The molecule has 5 atom stereocenters. The SMILES string of the molecule is CCCCC1CC([C@@]2(C3CCCC3)CCCc3ccccc32)C2C=CC=CC12. The van der Waals surface area contributed by atoms with E-state index in [1.54, 1.807) is 11.1 Å². The van der Waals surface area contributed by atoms with Crippen LogP contribution in [0, 0.1) is 29.6 Å². The zero-order valence-electron chi connectivity index (χ0n) is 17.8. The molecule has 0 aliphatic heterocycles. The Morgan fingerprint density at radius 1 is 0.964 bits per heavy atom. The van der Waals surface area contributed by atoms with Gasteiger partial charge in [0.1, 0.15) is 0 Å². The molecule has 0 spiro atoms. The maximum Gasteiger partial charge on any atom is 0.00182 e. The average molecular weight is 375 g/mol. The Bertz CT molecular complexity index is 734. The third-order valence-corrected chi connectivity index (χ3v) is 9.02. The molecule has 150 valence electrons. The molecule has 0 radical (unpaired) electrons. The van der Waals surface area contributed by atoms with E-state index in [1.807, 2.05) is 0 Å². The van der Waals surface area contributed by atoms with Gasteiger partial charge in [0.2, 0.25) is 0 Å². The molecule has 0 heteroatoms. The monoisotopic (exact) mass is 374 g/mol. The van der Waals surface area contributed by atoms with Gasteiger partial charge in [-0.25, -0.2) is 0 Å². The predicted octanol–water partition coefficient (Wildman–Crippen LogP) is 7.64. The summed E-state index contributed by atoms with van der Waals surface area (Å²) in [5, 5.41) is 0. The number of allylic oxidation sites excluding steroid dienone is 4. The van der Waals surface area contributed by atoms with Crippen LogP contribution in [0.3, 0.4) is 0 Å². The van der Waals surface area contributed by atoms with Crippen LogP contribution in [0.25, 0.3) is 0 Å². The van der Waals surface area contributed by atoms with Gasteiger partial charge >= 0.3 is 0 Å². The van der Waals surface area contributed by atoms with Crippen LogP contribution < -0.4 is 0 Å². The van der Waals surface area contributed by atoms with Crippen LogP contribution in [0.4, 0.5) is 0 Å². The standard InChI is InChI=1S/C28H38/c1-2-3-11-22-20-27(25-17-8-7-16-24(22)25)28(23-14-5-6-15-23)19-10-13-21-12-4-9-18-26(21)28/h4,7-9,12,16-18,22-25,27H,2-3,5-6,10-11,13-15,19-20H2,1H3/t22?,24?,25?,27?,28-/m1/s1. The molecule has 1 aromatic carbocycles. The number of hydrogen-bond donors (Lipinski definition) is 0. The van der Waals surface area contributed by atoms with Gasteiger partial charge in [0.25, 0.3) is 0 Å². The van der Waals surface area contributed by atoms with E-state index in [2.05, 4.69) is 55.5 Å². The topological polar surface area (TPSA) is 0 Å². The molecule has 0 heterocycles. The zero-order chi connectivity index (χ0) is 19.0. The molecule has 2 saturated carbocycles. The Labute approximate surface area is 172 Å². The molecular formula is C28H38. The Hall–Kier alpha value is -1.30. The van der Waals surface area contributed by atoms with Crippen molar-refractivity contribution in [1.82, 2.24) is 0 Å². The Balaban J connectivity index is 1.59. The van der Waals surface area contributed by atoms with Crippen LogP contribution in [0.1, 0.15) is 82.3 Å². The van der Waals surface area contributed by atoms with Crippen LogP contribution in [-0.4, -0.2) is 0 Å². The smallest absolute Gasteiger partial charge is 0.00182 e. The summed E-state index contributed by atoms with van der Waals surface area (Å²) in [6, 6.07) is 9.62. The van der Waals surface area contributed by atoms with Crippen LogP contribution in [0.15, 0.2) is 48.6 Å². The molecule has 28 heavy (non-hydrogen) atoms. The second-order valence-electron chi connectivity index (χ2n) is 10.2. The summed E-state index contributed by atoms with van der Waals surface area (Å²) in [7, 11) is 0. The minimum absolute atomic E-state index is 0.449. The summed E-state index contributed by atoms with van der Waals surface area (Å²) in [6.07, 6.45) is 25.6. The Morgan fingerprint density at radius 3 is 2.57 bits per heavy atom. The summed E-state index contributed by atoms with van der Waals surface area (Å²) in [4.78, 5) is 0. The molecule has 0 saturated heterocycles. The molecule has 0 bridgehead atoms. The lowest BCUT2D eigenvalue weighted by atomic mass is 9.53. The maximum absolute atomic E-state index is 2.62. The highest BCUT2D eigenvalue weighted by Gasteiger charge is 2.56. The summed E-state index contributed by atoms with van der Waals surface area (Å²) in [5.41, 5.74) is 3.91. The fraction of sp³-hybridized carbons (Fsp3) is 0.643. The number of fused-ring (bicyclic) bond motifs is 2. The lowest BCUT2D eigenvalue weighted by Gasteiger charge is -2.50. The normalized spacial score (nSPS) is 37.2. The van der Waals surface area contributed by atoms with Crippen molar-refractivity contribution in [3.05, 3.63) is 59.7 Å². The van der Waals surface area contributed by atoms with E-state index in [4.69, 9.17) is 0 Å².